The topological polar surface area (TPSA) is 343 Å². The molecule has 23 nitrogen and oxygen atoms in total. The molecule has 4 heterocycles. The number of hydrogen-bond acceptors (Lipinski definition) is 17. The van der Waals surface area contributed by atoms with Crippen LogP contribution in [0.2, 0.25) is 0 Å². The van der Waals surface area contributed by atoms with Crippen molar-refractivity contribution in [2.24, 2.45) is 5.73 Å². The third-order valence-electron chi connectivity index (χ3n) is 12.7. The van der Waals surface area contributed by atoms with Gasteiger partial charge in [-0.15, -0.1) is 0 Å². The van der Waals surface area contributed by atoms with Crippen LogP contribution in [0.5, 0.6) is 0 Å². The van der Waals surface area contributed by atoms with Crippen LogP contribution in [0.1, 0.15) is 54.5 Å². The quantitative estimate of drug-likeness (QED) is 0.0231. The van der Waals surface area contributed by atoms with E-state index in [9.17, 15) is 58.2 Å². The van der Waals surface area contributed by atoms with E-state index in [4.69, 9.17) is 24.9 Å². The third-order valence-corrected chi connectivity index (χ3v) is 15.1. The standard InChI is InChI=1S/C53H56N8O15S2/c1-3-53(35-23-42-44-33(22-32-16-10-11-17-37(32)57-44)26-61(42)49(69)34(35)27-75-51(53)72)76-52(73)74-18-19-77-78-28-41(50(70)71)60-48(68)40(24-43(63)64)58-45(65)36(54)25-55-46(66)38(20-30-12-6-4-7-13-30)59-47(67)39(56-29(2)62)21-31-14-8-5-9-15-31/h4-17,22-23,36,38-41H,3,18-21,24-28,54H2,1-2H3,(H,55,66)(H,56,62)(H,58,65)(H,59,67)(H,60,68)(H,63,64)(H,70,71)/t36-,38-,39-,40-,41-,53-/m0/s1. The van der Waals surface area contributed by atoms with Crippen LogP contribution in [0.25, 0.3) is 22.3 Å². The molecule has 5 aromatic rings. The number of aromatic nitrogens is 2. The molecular formula is C53H56N8O15S2. The highest BCUT2D eigenvalue weighted by atomic mass is 33.1. The Labute approximate surface area is 453 Å². The number of nitrogens with zero attached hydrogens (tertiary/aromatic N) is 2. The molecule has 0 saturated carbocycles. The first kappa shape index (κ1) is 57.4. The number of para-hydroxylation sites is 1. The summed E-state index contributed by atoms with van der Waals surface area (Å²) in [5.41, 5.74) is 7.84. The van der Waals surface area contributed by atoms with E-state index in [-0.39, 0.29) is 61.7 Å². The fourth-order valence-electron chi connectivity index (χ4n) is 8.76. The summed E-state index contributed by atoms with van der Waals surface area (Å²) in [5.74, 6) is -8.30. The minimum atomic E-state index is -2.02. The van der Waals surface area contributed by atoms with Crippen LogP contribution in [0, 0.1) is 0 Å². The van der Waals surface area contributed by atoms with Crippen LogP contribution in [-0.4, -0.2) is 128 Å². The third kappa shape index (κ3) is 14.2. The summed E-state index contributed by atoms with van der Waals surface area (Å²) < 4.78 is 17.9. The average Bonchev–Trinajstić information content (AvgIpc) is 4.02. The summed E-state index contributed by atoms with van der Waals surface area (Å²) in [7, 11) is 1.99. The van der Waals surface area contributed by atoms with E-state index < -0.39 is 108 Å². The molecule has 0 unspecified atom stereocenters. The maximum atomic E-state index is 13.8. The number of cyclic esters (lactones) is 1. The number of amides is 5. The number of carbonyl (C=O) groups is 9. The van der Waals surface area contributed by atoms with Crippen molar-refractivity contribution in [2.45, 2.75) is 88.5 Å². The Hall–Kier alpha value is -8.29. The van der Waals surface area contributed by atoms with Gasteiger partial charge in [0.05, 0.1) is 35.4 Å². The zero-order valence-electron chi connectivity index (χ0n) is 42.2. The molecule has 0 aliphatic carbocycles. The second kappa shape index (κ2) is 26.2. The Morgan fingerprint density at radius 2 is 1.40 bits per heavy atom. The lowest BCUT2D eigenvalue weighted by atomic mass is 9.85. The summed E-state index contributed by atoms with van der Waals surface area (Å²) in [6.07, 6.45) is -2.22. The van der Waals surface area contributed by atoms with Gasteiger partial charge in [0.15, 0.2) is 0 Å². The highest BCUT2D eigenvalue weighted by molar-refractivity contribution is 8.76. The largest absolute Gasteiger partial charge is 0.509 e. The molecule has 410 valence electrons. The van der Waals surface area contributed by atoms with E-state index in [1.54, 1.807) is 73.7 Å². The first-order chi connectivity index (χ1) is 37.4. The molecule has 0 spiro atoms. The molecule has 2 aliphatic heterocycles. The van der Waals surface area contributed by atoms with Crippen molar-refractivity contribution in [3.05, 3.63) is 135 Å². The van der Waals surface area contributed by atoms with E-state index in [0.29, 0.717) is 22.5 Å². The SMILES string of the molecule is CC[C@@]1(OC(=O)OCCSSC[C@H](NC(=O)[C@H](CC(=O)O)NC(=O)[C@@H](N)CNC(=O)[C@H](Cc2ccccc2)NC(=O)[C@H](Cc2ccccc2)NC(C)=O)C(=O)O)C(=O)OCc2c1cc1n(c2=O)Cc2cc3ccccc3nc2-1. The fraction of sp³-hybridized carbons (Fsp3) is 0.340. The van der Waals surface area contributed by atoms with Crippen LogP contribution >= 0.6 is 21.6 Å². The second-order valence-electron chi connectivity index (χ2n) is 18.2. The highest BCUT2D eigenvalue weighted by Gasteiger charge is 2.51. The summed E-state index contributed by atoms with van der Waals surface area (Å²) >= 11 is 0. The molecule has 25 heteroatoms. The van der Waals surface area contributed by atoms with Crippen LogP contribution in [0.15, 0.2) is 102 Å². The number of pyridine rings is 2. The van der Waals surface area contributed by atoms with Crippen molar-refractivity contribution < 1.29 is 67.6 Å². The molecule has 9 N–H and O–H groups in total. The molecule has 7 rings (SSSR count). The second-order valence-corrected chi connectivity index (χ2v) is 20.8. The smallest absolute Gasteiger partial charge is 0.481 e. The van der Waals surface area contributed by atoms with Gasteiger partial charge in [0.25, 0.3) is 5.56 Å². The number of benzene rings is 3. The molecule has 2 aliphatic rings. The highest BCUT2D eigenvalue weighted by Crippen LogP contribution is 2.41. The van der Waals surface area contributed by atoms with Gasteiger partial charge in [-0.2, -0.15) is 0 Å². The Balaban J connectivity index is 0.896. The van der Waals surface area contributed by atoms with Crippen molar-refractivity contribution in [3.63, 3.8) is 0 Å². The van der Waals surface area contributed by atoms with Crippen LogP contribution in [-0.2, 0) is 84.2 Å². The number of nitrogens with one attached hydrogen (secondary N) is 5. The number of nitrogens with two attached hydrogens (primary N) is 1. The van der Waals surface area contributed by atoms with Crippen LogP contribution < -0.4 is 37.9 Å². The number of aliphatic carboxylic acids is 2. The zero-order valence-corrected chi connectivity index (χ0v) is 43.8. The van der Waals surface area contributed by atoms with E-state index in [1.807, 2.05) is 30.3 Å². The summed E-state index contributed by atoms with van der Waals surface area (Å²) in [6, 6.07) is 21.4. The van der Waals surface area contributed by atoms with E-state index in [2.05, 4.69) is 26.6 Å². The molecular weight excluding hydrogens is 1050 g/mol. The summed E-state index contributed by atoms with van der Waals surface area (Å²) in [6.45, 7) is 1.91. The monoisotopic (exact) mass is 1110 g/mol. The normalized spacial score (nSPS) is 16.0. The zero-order chi connectivity index (χ0) is 56.1. The number of esters is 1. The van der Waals surface area contributed by atoms with Crippen molar-refractivity contribution >= 4 is 86.1 Å². The first-order valence-electron chi connectivity index (χ1n) is 24.5. The molecule has 0 radical (unpaired) electrons. The minimum Gasteiger partial charge on any atom is -0.481 e. The number of ether oxygens (including phenoxy) is 3. The molecule has 3 aromatic carbocycles. The molecule has 5 amide bonds. The van der Waals surface area contributed by atoms with Gasteiger partial charge in [-0.3, -0.25) is 33.6 Å². The van der Waals surface area contributed by atoms with Gasteiger partial charge >= 0.3 is 24.1 Å². The van der Waals surface area contributed by atoms with Crippen molar-refractivity contribution in [2.75, 3.05) is 24.7 Å². The minimum absolute atomic E-state index is 0.00239. The maximum absolute atomic E-state index is 13.8. The van der Waals surface area contributed by atoms with Crippen LogP contribution in [0.4, 0.5) is 4.79 Å². The number of hydrogen-bond donors (Lipinski definition) is 8. The number of rotatable bonds is 25. The lowest BCUT2D eigenvalue weighted by Gasteiger charge is -2.35. The fourth-order valence-corrected chi connectivity index (χ4v) is 10.7. The number of carbonyl (C=O) groups excluding carboxylic acids is 7. The van der Waals surface area contributed by atoms with Gasteiger partial charge < -0.3 is 61.3 Å². The molecule has 2 aromatic heterocycles. The van der Waals surface area contributed by atoms with Gasteiger partial charge in [-0.25, -0.2) is 19.4 Å². The average molecular weight is 1110 g/mol. The van der Waals surface area contributed by atoms with Gasteiger partial charge in [0.2, 0.25) is 35.1 Å². The Morgan fingerprint density at radius 1 is 0.782 bits per heavy atom. The number of fused-ring (bicyclic) bond motifs is 5. The van der Waals surface area contributed by atoms with Gasteiger partial charge in [-0.05, 0) is 35.7 Å². The Kier molecular flexibility index (Phi) is 19.3. The van der Waals surface area contributed by atoms with Crippen LogP contribution in [0.3, 0.4) is 0 Å². The molecule has 6 atom stereocenters. The van der Waals surface area contributed by atoms with Gasteiger partial charge in [-0.1, -0.05) is 107 Å². The van der Waals surface area contributed by atoms with E-state index >= 15 is 0 Å². The predicted octanol–water partition coefficient (Wildman–Crippen LogP) is 2.07. The van der Waals surface area contributed by atoms with Crippen molar-refractivity contribution in [1.82, 2.24) is 36.1 Å². The van der Waals surface area contributed by atoms with Crippen molar-refractivity contribution in [3.8, 4) is 11.4 Å². The van der Waals surface area contributed by atoms with Crippen molar-refractivity contribution in [1.29, 1.82) is 0 Å². The molecule has 78 heavy (non-hydrogen) atoms. The lowest BCUT2D eigenvalue weighted by molar-refractivity contribution is -0.175. The Morgan fingerprint density at radius 3 is 2.04 bits per heavy atom. The number of carboxylic acids is 2. The summed E-state index contributed by atoms with van der Waals surface area (Å²) in [5, 5.41) is 32.6. The summed E-state index contributed by atoms with van der Waals surface area (Å²) in [4.78, 5) is 135. The molecule has 0 fully saturated rings. The van der Waals surface area contributed by atoms with Gasteiger partial charge in [0.1, 0.15) is 43.4 Å². The molecule has 0 saturated heterocycles. The number of carboxylic acid groups (broad SMARTS) is 2. The lowest BCUT2D eigenvalue weighted by Crippen LogP contribution is -2.58. The predicted molar refractivity (Wildman–Crippen MR) is 284 cm³/mol. The van der Waals surface area contributed by atoms with E-state index in [0.717, 1.165) is 38.1 Å². The van der Waals surface area contributed by atoms with Gasteiger partial charge in [0, 0.05) is 54.3 Å². The molecule has 0 bridgehead atoms. The maximum Gasteiger partial charge on any atom is 0.509 e. The Bertz CT molecular complexity index is 3160. The first-order valence-corrected chi connectivity index (χ1v) is 27.0. The van der Waals surface area contributed by atoms with E-state index in [1.165, 1.54) is 11.5 Å².